The summed E-state index contributed by atoms with van der Waals surface area (Å²) >= 11 is 0. The number of fused-ring (bicyclic) bond motifs is 3. The van der Waals surface area contributed by atoms with Gasteiger partial charge in [0.15, 0.2) is 5.43 Å². The summed E-state index contributed by atoms with van der Waals surface area (Å²) in [6, 6.07) is 40.8. The molecule has 0 saturated carbocycles. The Kier molecular flexibility index (Phi) is 30.3. The number of benzene rings is 5. The van der Waals surface area contributed by atoms with Crippen LogP contribution in [0, 0.1) is 20.8 Å². The van der Waals surface area contributed by atoms with Crippen molar-refractivity contribution in [1.29, 1.82) is 0 Å². The zero-order valence-electron chi connectivity index (χ0n) is 77.4. The third-order valence-electron chi connectivity index (χ3n) is 24.8. The van der Waals surface area contributed by atoms with Gasteiger partial charge in [0, 0.05) is 254 Å². The summed E-state index contributed by atoms with van der Waals surface area (Å²) in [5.41, 5.74) is 18.4. The summed E-state index contributed by atoms with van der Waals surface area (Å²) < 4.78 is 8.08. The van der Waals surface area contributed by atoms with Crippen molar-refractivity contribution in [3.8, 4) is 39.1 Å². The van der Waals surface area contributed by atoms with Gasteiger partial charge in [-0.2, -0.15) is 0 Å². The number of piperazine rings is 3. The number of phenols is 1. The first-order chi connectivity index (χ1) is 61.5. The minimum atomic E-state index is -0.296. The van der Waals surface area contributed by atoms with Crippen molar-refractivity contribution in [2.45, 2.75) is 159 Å². The molecule has 10 heterocycles. The van der Waals surface area contributed by atoms with E-state index in [-0.39, 0.29) is 71.9 Å². The summed E-state index contributed by atoms with van der Waals surface area (Å²) in [5, 5.41) is 25.6. The number of carbonyl (C=O) groups excluding carboxylic acids is 5. The lowest BCUT2D eigenvalue weighted by Crippen LogP contribution is -2.44. The topological polar surface area (TPSA) is 249 Å². The number of allylic oxidation sites excluding steroid dienone is 1. The van der Waals surface area contributed by atoms with E-state index in [1.165, 1.54) is 22.8 Å². The highest BCUT2D eigenvalue weighted by Crippen LogP contribution is 2.37. The summed E-state index contributed by atoms with van der Waals surface area (Å²) in [4.78, 5) is 108. The molecular formula is C104H127N17O7. The van der Waals surface area contributed by atoms with Gasteiger partial charge in [0.25, 0.3) is 23.6 Å². The van der Waals surface area contributed by atoms with Crippen LogP contribution in [0.2, 0.25) is 0 Å². The van der Waals surface area contributed by atoms with Gasteiger partial charge in [-0.05, 0) is 263 Å². The number of carbonyl (C=O) groups is 5. The fourth-order valence-electron chi connectivity index (χ4n) is 17.7. The van der Waals surface area contributed by atoms with E-state index in [9.17, 15) is 33.9 Å². The molecule has 12 aromatic rings. The minimum Gasteiger partial charge on any atom is -0.508 e. The number of nitrogens with zero attached hydrogens (tertiary/aromatic N) is 13. The van der Waals surface area contributed by atoms with E-state index in [0.29, 0.717) is 52.3 Å². The average molecular weight is 1730 g/mol. The number of hydrogen-bond acceptors (Lipinski definition) is 16. The van der Waals surface area contributed by atoms with Crippen molar-refractivity contribution in [3.63, 3.8) is 0 Å². The second-order valence-electron chi connectivity index (χ2n) is 35.2. The third kappa shape index (κ3) is 21.4. The zero-order valence-corrected chi connectivity index (χ0v) is 77.4. The molecule has 670 valence electrons. The van der Waals surface area contributed by atoms with Crippen molar-refractivity contribution in [1.82, 2.24) is 63.9 Å². The molecule has 7 aromatic heterocycles. The first-order valence-corrected chi connectivity index (χ1v) is 45.3. The second kappa shape index (κ2) is 41.8. The Morgan fingerprint density at radius 3 is 1.13 bits per heavy atom. The Balaban J connectivity index is 0.000000164. The van der Waals surface area contributed by atoms with Crippen molar-refractivity contribution in [3.05, 3.63) is 261 Å². The molecule has 3 aliphatic heterocycles. The van der Waals surface area contributed by atoms with Crippen LogP contribution in [0.15, 0.2) is 189 Å². The molecule has 3 saturated heterocycles. The van der Waals surface area contributed by atoms with Crippen molar-refractivity contribution < 1.29 is 29.1 Å². The Morgan fingerprint density at radius 2 is 0.789 bits per heavy atom. The number of amides is 4. The van der Waals surface area contributed by atoms with Crippen LogP contribution in [0.25, 0.3) is 66.1 Å². The standard InChI is InChI=1S/C36H44N6O2.C35H42N6O3.C33H41N5O2/c1-7-9-26-18-25(5)19-32(39-35(43)8-2)31(26)23-38-36(44)30-20-28(21-33-29(30)12-13-42(33)24(3)4)27-10-11-34(37-22-27)41-16-14-40(6)15-17-41;1-7-9-30-29(32(42)18-24(5)41(30)34(43)8-2)22-37-35(44)28-19-26(20-31-27(28)12-13-40(31)23(3)4)25-10-11-33(36-21-25)39-16-14-38(6)15-17-39;1-6-7-24-16-23(4)17-31(39)29(24)21-35-33(40)28-18-26(19-30-27(28)10-11-38(30)22(2)3)25-8-9-32(34-20-25)37-14-12-36(5)13-15-37/h8,10-13,18-22,24H,2,7,9,14-17,23H2,1,3-6H3,(H,38,44)(H,39,43);8,10-13,18-21,23H,2,7,9,14-17,22H2,1,3-6H3,(H,37,44);8-11,16-20,22,39H,6-7,12-15,21H2,1-5H3,(H,35,40). The monoisotopic (exact) mass is 1730 g/mol. The number of nitrogens with one attached hydrogen (secondary N) is 4. The Labute approximate surface area is 753 Å². The molecule has 0 spiro atoms. The number of hydrogen-bond donors (Lipinski definition) is 5. The molecule has 128 heavy (non-hydrogen) atoms. The van der Waals surface area contributed by atoms with E-state index in [0.717, 1.165) is 228 Å². The predicted molar refractivity (Wildman–Crippen MR) is 520 cm³/mol. The molecule has 5 aromatic carbocycles. The lowest BCUT2D eigenvalue weighted by molar-refractivity contribution is -0.111. The smallest absolute Gasteiger partial charge is 0.254 e. The Hall–Kier alpha value is -12.8. The molecule has 4 amide bonds. The number of aromatic nitrogens is 7. The van der Waals surface area contributed by atoms with E-state index < -0.39 is 0 Å². The van der Waals surface area contributed by atoms with Crippen LogP contribution < -0.4 is 41.4 Å². The maximum absolute atomic E-state index is 14.0. The predicted octanol–water partition coefficient (Wildman–Crippen LogP) is 17.5. The van der Waals surface area contributed by atoms with Crippen LogP contribution in [-0.4, -0.2) is 182 Å². The number of phenolic OH excluding ortho intramolecular Hbond substituents is 1. The fourth-order valence-corrected chi connectivity index (χ4v) is 17.7. The summed E-state index contributed by atoms with van der Waals surface area (Å²) in [7, 11) is 6.43. The van der Waals surface area contributed by atoms with Crippen LogP contribution in [0.5, 0.6) is 5.75 Å². The lowest BCUT2D eigenvalue weighted by atomic mass is 9.97. The SMILES string of the molecule is C=CC(=O)Nc1cc(C)cc(CCC)c1CNC(=O)c1cc(-c2ccc(N3CCN(C)CC3)nc2)cc2c1ccn2C(C)C.C=CC(=O)n1c(C)cc(=O)c(CNC(=O)c2cc(-c3ccc(N4CCN(C)CC4)nc3)cc3c2ccn3C(C)C)c1CCC.CCCc1cc(C)cc(O)c1CNC(=O)c1cc(-c2ccc(N3CCN(C)CC3)nc2)cc2c1ccn2C(C)C. The van der Waals surface area contributed by atoms with Crippen LogP contribution in [-0.2, 0) is 43.7 Å². The van der Waals surface area contributed by atoms with Gasteiger partial charge >= 0.3 is 0 Å². The normalized spacial score (nSPS) is 14.0. The number of aryl methyl sites for hydroxylation is 5. The summed E-state index contributed by atoms with van der Waals surface area (Å²) in [6.45, 7) is 44.4. The molecular weight excluding hydrogens is 1600 g/mol. The number of anilines is 4. The highest BCUT2D eigenvalue weighted by molar-refractivity contribution is 6.11. The van der Waals surface area contributed by atoms with Crippen LogP contribution in [0.1, 0.15) is 186 Å². The van der Waals surface area contributed by atoms with Gasteiger partial charge in [0.05, 0.1) is 0 Å². The largest absolute Gasteiger partial charge is 0.508 e. The molecule has 5 N–H and O–H groups in total. The number of pyridine rings is 4. The molecule has 0 radical (unpaired) electrons. The third-order valence-corrected chi connectivity index (χ3v) is 24.8. The number of aromatic hydroxyl groups is 1. The molecule has 24 nitrogen and oxygen atoms in total. The van der Waals surface area contributed by atoms with E-state index >= 15 is 0 Å². The lowest BCUT2D eigenvalue weighted by Gasteiger charge is -2.33. The molecule has 3 aliphatic rings. The highest BCUT2D eigenvalue weighted by atomic mass is 16.3. The maximum atomic E-state index is 14.0. The summed E-state index contributed by atoms with van der Waals surface area (Å²) in [5.74, 6) is 1.98. The van der Waals surface area contributed by atoms with E-state index in [1.807, 2.05) is 100 Å². The van der Waals surface area contributed by atoms with Gasteiger partial charge in [-0.3, -0.25) is 33.3 Å². The molecule has 24 heteroatoms. The average Bonchev–Trinajstić information content (AvgIpc) is 1.60. The fraction of sp³-hybridized carbons (Fsp3) is 0.375. The molecule has 15 rings (SSSR count). The quantitative estimate of drug-likeness (QED) is 0.0300. The molecule has 0 atom stereocenters. The van der Waals surface area contributed by atoms with Crippen molar-refractivity contribution >= 4 is 85.4 Å². The van der Waals surface area contributed by atoms with Gasteiger partial charge in [-0.1, -0.05) is 65.3 Å². The maximum Gasteiger partial charge on any atom is 0.254 e. The van der Waals surface area contributed by atoms with Crippen LogP contribution in [0.3, 0.4) is 0 Å². The minimum absolute atomic E-state index is 0.00951. The van der Waals surface area contributed by atoms with E-state index in [1.54, 1.807) is 13.0 Å². The van der Waals surface area contributed by atoms with Crippen LogP contribution in [0.4, 0.5) is 23.1 Å². The van der Waals surface area contributed by atoms with Gasteiger partial charge in [-0.15, -0.1) is 0 Å². The molecule has 0 aliphatic carbocycles. The molecule has 0 bridgehead atoms. The molecule has 0 unspecified atom stereocenters. The van der Waals surface area contributed by atoms with Gasteiger partial charge in [0.1, 0.15) is 23.2 Å². The Bertz CT molecular complexity index is 6090. The van der Waals surface area contributed by atoms with Crippen molar-refractivity contribution in [2.75, 3.05) is 120 Å². The van der Waals surface area contributed by atoms with Gasteiger partial charge in [-0.25, -0.2) is 15.0 Å². The van der Waals surface area contributed by atoms with E-state index in [2.05, 4.69) is 221 Å². The molecule has 3 fully saturated rings. The first kappa shape index (κ1) is 92.9. The van der Waals surface area contributed by atoms with E-state index in [4.69, 9.17) is 15.0 Å². The van der Waals surface area contributed by atoms with Gasteiger partial charge < -0.3 is 69.5 Å². The first-order valence-electron chi connectivity index (χ1n) is 45.3. The second-order valence-corrected chi connectivity index (χ2v) is 35.2. The highest BCUT2D eigenvalue weighted by Gasteiger charge is 2.27. The van der Waals surface area contributed by atoms with Gasteiger partial charge in [0.2, 0.25) is 5.91 Å². The Morgan fingerprint density at radius 1 is 0.430 bits per heavy atom. The number of rotatable bonds is 27. The number of likely N-dealkylation sites (N-methyl/N-ethyl adjacent to an activating group) is 3. The zero-order chi connectivity index (χ0) is 91.3. The summed E-state index contributed by atoms with van der Waals surface area (Å²) in [6.07, 6.45) is 19.2. The van der Waals surface area contributed by atoms with Crippen LogP contribution >= 0.6 is 0 Å². The van der Waals surface area contributed by atoms with Crippen molar-refractivity contribution in [2.24, 2.45) is 0 Å².